The van der Waals surface area contributed by atoms with Crippen LogP contribution in [0.5, 0.6) is 0 Å². The van der Waals surface area contributed by atoms with Crippen molar-refractivity contribution in [3.8, 4) is 0 Å². The highest BCUT2D eigenvalue weighted by Gasteiger charge is 2.13. The van der Waals surface area contributed by atoms with E-state index in [9.17, 15) is 4.79 Å². The summed E-state index contributed by atoms with van der Waals surface area (Å²) >= 11 is 0. The SMILES string of the molecule is CCCNC(=NCC(=O)N(C)C)NCCC1CCCCO1. The van der Waals surface area contributed by atoms with Crippen molar-refractivity contribution in [2.24, 2.45) is 4.99 Å². The van der Waals surface area contributed by atoms with Crippen molar-refractivity contribution < 1.29 is 9.53 Å². The molecule has 0 bridgehead atoms. The van der Waals surface area contributed by atoms with Gasteiger partial charge in [0.1, 0.15) is 6.54 Å². The number of hydrogen-bond donors (Lipinski definition) is 2. The van der Waals surface area contributed by atoms with Crippen LogP contribution in [0, 0.1) is 0 Å². The number of rotatable bonds is 7. The van der Waals surface area contributed by atoms with Crippen LogP contribution in [0.4, 0.5) is 0 Å². The average Bonchev–Trinajstić information content (AvgIpc) is 2.50. The van der Waals surface area contributed by atoms with E-state index in [-0.39, 0.29) is 12.5 Å². The third-order valence-corrected chi connectivity index (χ3v) is 3.45. The van der Waals surface area contributed by atoms with Gasteiger partial charge in [0.25, 0.3) is 0 Å². The molecule has 0 aliphatic carbocycles. The van der Waals surface area contributed by atoms with Crippen LogP contribution in [0.3, 0.4) is 0 Å². The molecule has 0 saturated carbocycles. The van der Waals surface area contributed by atoms with Gasteiger partial charge >= 0.3 is 0 Å². The van der Waals surface area contributed by atoms with Gasteiger partial charge in [-0.05, 0) is 32.1 Å². The number of aliphatic imine (C=N–C) groups is 1. The largest absolute Gasteiger partial charge is 0.378 e. The van der Waals surface area contributed by atoms with Crippen molar-refractivity contribution in [1.82, 2.24) is 15.5 Å². The molecule has 1 amide bonds. The molecule has 2 N–H and O–H groups in total. The Hall–Kier alpha value is -1.30. The van der Waals surface area contributed by atoms with Gasteiger partial charge in [0, 0.05) is 33.8 Å². The third-order valence-electron chi connectivity index (χ3n) is 3.45. The molecular weight excluding hydrogens is 268 g/mol. The standard InChI is InChI=1S/C15H30N4O2/c1-4-9-16-15(18-12-14(20)19(2)3)17-10-8-13-7-5-6-11-21-13/h13H,4-12H2,1-3H3,(H2,16,17,18). The quantitative estimate of drug-likeness (QED) is 0.543. The van der Waals surface area contributed by atoms with Gasteiger partial charge in [-0.1, -0.05) is 6.92 Å². The molecule has 1 atom stereocenters. The van der Waals surface area contributed by atoms with Crippen LogP contribution in [0.2, 0.25) is 0 Å². The minimum atomic E-state index is 0.00297. The van der Waals surface area contributed by atoms with Crippen LogP contribution in [-0.4, -0.2) is 63.2 Å². The summed E-state index contributed by atoms with van der Waals surface area (Å²) < 4.78 is 5.71. The van der Waals surface area contributed by atoms with Gasteiger partial charge in [-0.3, -0.25) is 4.79 Å². The van der Waals surface area contributed by atoms with Gasteiger partial charge in [-0.15, -0.1) is 0 Å². The van der Waals surface area contributed by atoms with E-state index in [1.165, 1.54) is 12.8 Å². The predicted molar refractivity (Wildman–Crippen MR) is 85.5 cm³/mol. The molecule has 1 unspecified atom stereocenters. The normalized spacial score (nSPS) is 19.2. The summed E-state index contributed by atoms with van der Waals surface area (Å²) in [4.78, 5) is 17.5. The molecule has 0 spiro atoms. The smallest absolute Gasteiger partial charge is 0.243 e. The molecule has 0 aromatic carbocycles. The Morgan fingerprint density at radius 2 is 2.05 bits per heavy atom. The average molecular weight is 298 g/mol. The Balaban J connectivity index is 2.33. The lowest BCUT2D eigenvalue weighted by Gasteiger charge is -2.23. The van der Waals surface area contributed by atoms with Crippen LogP contribution in [0.25, 0.3) is 0 Å². The van der Waals surface area contributed by atoms with Crippen LogP contribution in [0.15, 0.2) is 4.99 Å². The summed E-state index contributed by atoms with van der Waals surface area (Å²) in [5, 5.41) is 6.51. The van der Waals surface area contributed by atoms with Crippen molar-refractivity contribution in [1.29, 1.82) is 0 Å². The molecule has 21 heavy (non-hydrogen) atoms. The van der Waals surface area contributed by atoms with Crippen molar-refractivity contribution >= 4 is 11.9 Å². The van der Waals surface area contributed by atoms with Crippen LogP contribution < -0.4 is 10.6 Å². The molecule has 1 aliphatic rings. The zero-order valence-corrected chi connectivity index (χ0v) is 13.7. The molecule has 0 aromatic heterocycles. The number of carbonyl (C=O) groups excluding carboxylic acids is 1. The van der Waals surface area contributed by atoms with E-state index in [1.54, 1.807) is 19.0 Å². The van der Waals surface area contributed by atoms with Crippen molar-refractivity contribution in [3.63, 3.8) is 0 Å². The van der Waals surface area contributed by atoms with E-state index >= 15 is 0 Å². The number of carbonyl (C=O) groups is 1. The van der Waals surface area contributed by atoms with Gasteiger partial charge in [0.2, 0.25) is 5.91 Å². The second-order valence-electron chi connectivity index (χ2n) is 5.58. The summed E-state index contributed by atoms with van der Waals surface area (Å²) in [6, 6.07) is 0. The monoisotopic (exact) mass is 298 g/mol. The lowest BCUT2D eigenvalue weighted by Crippen LogP contribution is -2.40. The van der Waals surface area contributed by atoms with Crippen molar-refractivity contribution in [3.05, 3.63) is 0 Å². The maximum absolute atomic E-state index is 11.6. The first-order valence-electron chi connectivity index (χ1n) is 7.97. The van der Waals surface area contributed by atoms with Gasteiger partial charge in [-0.2, -0.15) is 0 Å². The van der Waals surface area contributed by atoms with Gasteiger partial charge in [-0.25, -0.2) is 4.99 Å². The Labute approximate surface area is 128 Å². The molecule has 1 rings (SSSR count). The second kappa shape index (κ2) is 10.4. The van der Waals surface area contributed by atoms with E-state index in [0.717, 1.165) is 39.0 Å². The van der Waals surface area contributed by atoms with Crippen molar-refractivity contribution in [2.75, 3.05) is 40.3 Å². The minimum absolute atomic E-state index is 0.00297. The number of nitrogens with zero attached hydrogens (tertiary/aromatic N) is 2. The Morgan fingerprint density at radius 3 is 2.67 bits per heavy atom. The molecule has 122 valence electrons. The maximum atomic E-state index is 11.6. The second-order valence-corrected chi connectivity index (χ2v) is 5.58. The lowest BCUT2D eigenvalue weighted by molar-refractivity contribution is -0.127. The van der Waals surface area contributed by atoms with E-state index in [1.807, 2.05) is 0 Å². The van der Waals surface area contributed by atoms with Crippen molar-refractivity contribution in [2.45, 2.75) is 45.1 Å². The number of guanidine groups is 1. The molecular formula is C15H30N4O2. The van der Waals surface area contributed by atoms with E-state index < -0.39 is 0 Å². The number of ether oxygens (including phenoxy) is 1. The van der Waals surface area contributed by atoms with Crippen LogP contribution in [0.1, 0.15) is 39.0 Å². The minimum Gasteiger partial charge on any atom is -0.378 e. The summed E-state index contributed by atoms with van der Waals surface area (Å²) in [6.45, 7) is 4.83. The Kier molecular flexibility index (Phi) is 8.82. The van der Waals surface area contributed by atoms with Gasteiger partial charge in [0.15, 0.2) is 5.96 Å². The molecule has 6 heteroatoms. The highest BCUT2D eigenvalue weighted by Crippen LogP contribution is 2.14. The van der Waals surface area contributed by atoms with E-state index in [4.69, 9.17) is 4.74 Å². The van der Waals surface area contributed by atoms with Crippen LogP contribution >= 0.6 is 0 Å². The summed E-state index contributed by atoms with van der Waals surface area (Å²) in [7, 11) is 3.48. The van der Waals surface area contributed by atoms with E-state index in [0.29, 0.717) is 12.1 Å². The molecule has 0 aromatic rings. The zero-order chi connectivity index (χ0) is 15.5. The van der Waals surface area contributed by atoms with E-state index in [2.05, 4.69) is 22.5 Å². The lowest BCUT2D eigenvalue weighted by atomic mass is 10.1. The maximum Gasteiger partial charge on any atom is 0.243 e. The highest BCUT2D eigenvalue weighted by molar-refractivity contribution is 5.84. The molecule has 1 heterocycles. The molecule has 1 aliphatic heterocycles. The molecule has 0 radical (unpaired) electrons. The predicted octanol–water partition coefficient (Wildman–Crippen LogP) is 0.979. The number of hydrogen-bond acceptors (Lipinski definition) is 3. The molecule has 6 nitrogen and oxygen atoms in total. The zero-order valence-electron chi connectivity index (χ0n) is 13.7. The van der Waals surface area contributed by atoms with Gasteiger partial charge in [0.05, 0.1) is 6.10 Å². The molecule has 1 saturated heterocycles. The Morgan fingerprint density at radius 1 is 1.29 bits per heavy atom. The topological polar surface area (TPSA) is 66.0 Å². The fourth-order valence-corrected chi connectivity index (χ4v) is 2.09. The fraction of sp³-hybridized carbons (Fsp3) is 0.867. The number of likely N-dealkylation sites (N-methyl/N-ethyl adjacent to an activating group) is 1. The molecule has 1 fully saturated rings. The number of nitrogens with one attached hydrogen (secondary N) is 2. The van der Waals surface area contributed by atoms with Crippen LogP contribution in [-0.2, 0) is 9.53 Å². The fourth-order valence-electron chi connectivity index (χ4n) is 2.09. The van der Waals surface area contributed by atoms with Gasteiger partial charge < -0.3 is 20.3 Å². The first-order valence-corrected chi connectivity index (χ1v) is 7.97. The third kappa shape index (κ3) is 7.90. The highest BCUT2D eigenvalue weighted by atomic mass is 16.5. The number of amides is 1. The summed E-state index contributed by atoms with van der Waals surface area (Å²) in [5.41, 5.74) is 0. The summed E-state index contributed by atoms with van der Waals surface area (Å²) in [5.74, 6) is 0.714. The first kappa shape index (κ1) is 17.8. The Bertz CT molecular complexity index is 326. The summed E-state index contributed by atoms with van der Waals surface area (Å²) in [6.07, 6.45) is 5.96. The first-order chi connectivity index (χ1) is 10.1.